The van der Waals surface area contributed by atoms with Crippen LogP contribution in [-0.2, 0) is 4.74 Å². The highest BCUT2D eigenvalue weighted by atomic mass is 16.6. The van der Waals surface area contributed by atoms with Gasteiger partial charge in [-0.05, 0) is 0 Å². The van der Waals surface area contributed by atoms with Gasteiger partial charge < -0.3 is 30.7 Å². The van der Waals surface area contributed by atoms with Gasteiger partial charge in [-0.2, -0.15) is 0 Å². The second-order valence-corrected chi connectivity index (χ2v) is 4.33. The normalized spacial score (nSPS) is 28.4. The summed E-state index contributed by atoms with van der Waals surface area (Å²) in [6.07, 6.45) is -3.70. The fourth-order valence-electron chi connectivity index (χ4n) is 1.99. The lowest BCUT2D eigenvalue weighted by Crippen LogP contribution is -2.36. The topological polar surface area (TPSA) is 163 Å². The molecule has 2 rings (SSSR count). The quantitative estimate of drug-likeness (QED) is 0.312. The Morgan fingerprint density at radius 1 is 1.38 bits per heavy atom. The predicted molar refractivity (Wildman–Crippen MR) is 69.6 cm³/mol. The molecule has 1 aromatic heterocycles. The van der Waals surface area contributed by atoms with Crippen LogP contribution in [-0.4, -0.2) is 68.4 Å². The van der Waals surface area contributed by atoms with Crippen molar-refractivity contribution in [2.45, 2.75) is 24.5 Å². The van der Waals surface area contributed by atoms with E-state index in [2.05, 4.69) is 20.6 Å². The Morgan fingerprint density at radius 3 is 2.57 bits per heavy atom. The van der Waals surface area contributed by atoms with Gasteiger partial charge in [0, 0.05) is 7.05 Å². The molecular weight excluding hydrogens is 286 g/mol. The Labute approximate surface area is 118 Å². The Kier molecular flexibility index (Phi) is 4.47. The summed E-state index contributed by atoms with van der Waals surface area (Å²) in [6, 6.07) is 0. The number of hydrogen-bond acceptors (Lipinski definition) is 10. The van der Waals surface area contributed by atoms with Crippen molar-refractivity contribution < 1.29 is 25.0 Å². The van der Waals surface area contributed by atoms with Crippen molar-refractivity contribution >= 4 is 17.3 Å². The zero-order valence-electron chi connectivity index (χ0n) is 11.0. The monoisotopic (exact) mass is 301 g/mol. The molecule has 11 nitrogen and oxygen atoms in total. The molecule has 0 spiro atoms. The van der Waals surface area contributed by atoms with Crippen LogP contribution >= 0.6 is 0 Å². The van der Waals surface area contributed by atoms with E-state index in [1.807, 2.05) is 0 Å². The van der Waals surface area contributed by atoms with Gasteiger partial charge in [-0.15, -0.1) is 0 Å². The molecule has 0 aromatic carbocycles. The van der Waals surface area contributed by atoms with Crippen molar-refractivity contribution in [1.29, 1.82) is 0 Å². The molecule has 0 unspecified atom stereocenters. The summed E-state index contributed by atoms with van der Waals surface area (Å²) in [5.74, 6) is -0.182. The summed E-state index contributed by atoms with van der Waals surface area (Å²) in [7, 11) is 1.46. The number of nitro groups is 1. The van der Waals surface area contributed by atoms with Gasteiger partial charge in [0.2, 0.25) is 11.6 Å². The number of aliphatic hydroxyl groups is 3. The molecule has 116 valence electrons. The van der Waals surface area contributed by atoms with Crippen molar-refractivity contribution in [3.05, 3.63) is 16.4 Å². The van der Waals surface area contributed by atoms with Crippen LogP contribution in [0.25, 0.3) is 0 Å². The van der Waals surface area contributed by atoms with Gasteiger partial charge in [0.05, 0.1) is 11.5 Å². The fourth-order valence-corrected chi connectivity index (χ4v) is 1.99. The molecule has 0 bridgehead atoms. The molecule has 21 heavy (non-hydrogen) atoms. The van der Waals surface area contributed by atoms with E-state index >= 15 is 0 Å². The first-order valence-corrected chi connectivity index (χ1v) is 6.05. The van der Waals surface area contributed by atoms with Crippen LogP contribution in [0.5, 0.6) is 0 Å². The molecule has 1 aromatic rings. The molecule has 11 heteroatoms. The second kappa shape index (κ2) is 6.13. The maximum absolute atomic E-state index is 11.1. The van der Waals surface area contributed by atoms with Crippen molar-refractivity contribution in [3.63, 3.8) is 0 Å². The van der Waals surface area contributed by atoms with Crippen LogP contribution in [0.15, 0.2) is 6.33 Å². The molecule has 1 aliphatic heterocycles. The van der Waals surface area contributed by atoms with E-state index in [0.717, 1.165) is 6.33 Å². The number of nitrogens with one attached hydrogen (secondary N) is 2. The predicted octanol–water partition coefficient (Wildman–Crippen LogP) is -1.72. The second-order valence-electron chi connectivity index (χ2n) is 4.33. The van der Waals surface area contributed by atoms with Crippen molar-refractivity contribution in [2.75, 3.05) is 24.3 Å². The number of anilines is 2. The average molecular weight is 301 g/mol. The SMILES string of the molecule is CNc1ncnc(N[C@@H]2O[C@H](CO)[C@@H](O)[C@H]2O)c1[N+](=O)[O-]. The maximum atomic E-state index is 11.1. The molecule has 2 heterocycles. The van der Waals surface area contributed by atoms with Crippen LogP contribution in [0.4, 0.5) is 17.3 Å². The molecule has 4 atom stereocenters. The molecule has 0 amide bonds. The lowest BCUT2D eigenvalue weighted by molar-refractivity contribution is -0.383. The Balaban J connectivity index is 2.26. The van der Waals surface area contributed by atoms with E-state index in [1.165, 1.54) is 7.05 Å². The van der Waals surface area contributed by atoms with E-state index in [0.29, 0.717) is 0 Å². The van der Waals surface area contributed by atoms with E-state index < -0.39 is 41.8 Å². The minimum absolute atomic E-state index is 0.00996. The van der Waals surface area contributed by atoms with E-state index in [4.69, 9.17) is 9.84 Å². The van der Waals surface area contributed by atoms with Crippen LogP contribution < -0.4 is 10.6 Å². The summed E-state index contributed by atoms with van der Waals surface area (Å²) >= 11 is 0. The van der Waals surface area contributed by atoms with Crippen molar-refractivity contribution in [1.82, 2.24) is 9.97 Å². The van der Waals surface area contributed by atoms with Crippen molar-refractivity contribution in [2.24, 2.45) is 0 Å². The highest BCUT2D eigenvalue weighted by Gasteiger charge is 2.43. The van der Waals surface area contributed by atoms with Gasteiger partial charge in [-0.1, -0.05) is 0 Å². The van der Waals surface area contributed by atoms with Gasteiger partial charge in [-0.25, -0.2) is 9.97 Å². The first-order valence-electron chi connectivity index (χ1n) is 6.05. The number of nitrogens with zero attached hydrogens (tertiary/aromatic N) is 3. The van der Waals surface area contributed by atoms with Crippen LogP contribution in [0.2, 0.25) is 0 Å². The lowest BCUT2D eigenvalue weighted by Gasteiger charge is -2.17. The first-order chi connectivity index (χ1) is 9.99. The molecule has 0 saturated carbocycles. The third-order valence-electron chi connectivity index (χ3n) is 3.06. The number of aromatic nitrogens is 2. The standard InChI is InChI=1S/C10H15N5O6/c1-11-8-5(15(19)20)9(13-3-12-8)14-10-7(18)6(17)4(2-16)21-10/h3-4,6-7,10,16-18H,2H2,1H3,(H2,11,12,13,14)/t4-,6-,7-,10-/m1/s1. The maximum Gasteiger partial charge on any atom is 0.353 e. The number of hydrogen-bond donors (Lipinski definition) is 5. The molecule has 0 radical (unpaired) electrons. The highest BCUT2D eigenvalue weighted by Crippen LogP contribution is 2.31. The molecular formula is C10H15N5O6. The van der Waals surface area contributed by atoms with Crippen LogP contribution in [0, 0.1) is 10.1 Å². The van der Waals surface area contributed by atoms with E-state index in [1.54, 1.807) is 0 Å². The van der Waals surface area contributed by atoms with Gasteiger partial charge in [0.25, 0.3) is 0 Å². The number of aliphatic hydroxyl groups excluding tert-OH is 3. The van der Waals surface area contributed by atoms with E-state index in [-0.39, 0.29) is 11.6 Å². The zero-order chi connectivity index (χ0) is 15.6. The molecule has 0 aliphatic carbocycles. The smallest absolute Gasteiger partial charge is 0.353 e. The lowest BCUT2D eigenvalue weighted by atomic mass is 10.1. The summed E-state index contributed by atoms with van der Waals surface area (Å²) < 4.78 is 5.18. The zero-order valence-corrected chi connectivity index (χ0v) is 11.0. The van der Waals surface area contributed by atoms with Gasteiger partial charge >= 0.3 is 5.69 Å². The van der Waals surface area contributed by atoms with Gasteiger partial charge in [0.15, 0.2) is 6.23 Å². The first kappa shape index (κ1) is 15.3. The minimum Gasteiger partial charge on any atom is -0.394 e. The van der Waals surface area contributed by atoms with Crippen LogP contribution in [0.1, 0.15) is 0 Å². The molecule has 1 fully saturated rings. The summed E-state index contributed by atoms with van der Waals surface area (Å²) in [5, 5.41) is 44.6. The Morgan fingerprint density at radius 2 is 2.05 bits per heavy atom. The summed E-state index contributed by atoms with van der Waals surface area (Å²) in [4.78, 5) is 17.9. The summed E-state index contributed by atoms with van der Waals surface area (Å²) in [6.45, 7) is -0.496. The largest absolute Gasteiger partial charge is 0.394 e. The minimum atomic E-state index is -1.37. The van der Waals surface area contributed by atoms with Gasteiger partial charge in [0.1, 0.15) is 24.6 Å². The third-order valence-corrected chi connectivity index (χ3v) is 3.06. The van der Waals surface area contributed by atoms with Crippen LogP contribution in [0.3, 0.4) is 0 Å². The Hall–Kier alpha value is -2.08. The molecule has 5 N–H and O–H groups in total. The highest BCUT2D eigenvalue weighted by molar-refractivity contribution is 5.69. The van der Waals surface area contributed by atoms with E-state index in [9.17, 15) is 20.3 Å². The molecule has 1 saturated heterocycles. The Bertz CT molecular complexity index is 529. The third kappa shape index (κ3) is 2.85. The fraction of sp³-hybridized carbons (Fsp3) is 0.600. The molecule has 1 aliphatic rings. The number of rotatable bonds is 5. The average Bonchev–Trinajstić information content (AvgIpc) is 2.74. The summed E-state index contributed by atoms with van der Waals surface area (Å²) in [5.41, 5.74) is -0.419. The van der Waals surface area contributed by atoms with Crippen molar-refractivity contribution in [3.8, 4) is 0 Å². The van der Waals surface area contributed by atoms with Gasteiger partial charge in [-0.3, -0.25) is 10.1 Å². The number of ether oxygens (including phenoxy) is 1.